The summed E-state index contributed by atoms with van der Waals surface area (Å²) in [4.78, 5) is 2.54. The van der Waals surface area contributed by atoms with Crippen LogP contribution in [0, 0.1) is 17.2 Å². The highest BCUT2D eigenvalue weighted by molar-refractivity contribution is 4.94. The molecule has 18 heavy (non-hydrogen) atoms. The van der Waals surface area contributed by atoms with Crippen molar-refractivity contribution in [3.05, 3.63) is 0 Å². The minimum absolute atomic E-state index is 0.0376. The Morgan fingerprint density at radius 1 is 1.17 bits per heavy atom. The van der Waals surface area contributed by atoms with Crippen LogP contribution in [0.2, 0.25) is 0 Å². The Morgan fingerprint density at radius 3 is 2.22 bits per heavy atom. The predicted molar refractivity (Wildman–Crippen MR) is 76.3 cm³/mol. The van der Waals surface area contributed by atoms with Gasteiger partial charge in [-0.25, -0.2) is 0 Å². The fourth-order valence-electron chi connectivity index (χ4n) is 2.88. The summed E-state index contributed by atoms with van der Waals surface area (Å²) in [6.45, 7) is 10.7. The van der Waals surface area contributed by atoms with E-state index in [0.29, 0.717) is 18.0 Å². The van der Waals surface area contributed by atoms with Crippen molar-refractivity contribution in [2.45, 2.75) is 71.5 Å². The Balaban J connectivity index is 2.55. The molecule has 1 atom stereocenters. The molecule has 0 radical (unpaired) electrons. The molecule has 0 heterocycles. The third-order valence-corrected chi connectivity index (χ3v) is 3.55. The van der Waals surface area contributed by atoms with Crippen LogP contribution in [0.5, 0.6) is 0 Å². The first kappa shape index (κ1) is 15.5. The van der Waals surface area contributed by atoms with Gasteiger partial charge < -0.3 is 0 Å². The lowest BCUT2D eigenvalue weighted by Gasteiger charge is -2.32. The van der Waals surface area contributed by atoms with Crippen LogP contribution in [0.1, 0.15) is 53.4 Å². The van der Waals surface area contributed by atoms with Crippen LogP contribution in [0.4, 0.5) is 0 Å². The van der Waals surface area contributed by atoms with Gasteiger partial charge in [0.05, 0.1) is 6.07 Å². The molecule has 0 spiro atoms. The third kappa shape index (κ3) is 5.37. The maximum absolute atomic E-state index is 9.26. The Hall–Kier alpha value is -0.590. The van der Waals surface area contributed by atoms with E-state index in [1.165, 1.54) is 25.7 Å². The van der Waals surface area contributed by atoms with Gasteiger partial charge in [0.25, 0.3) is 0 Å². The normalized spacial score (nSPS) is 18.8. The minimum atomic E-state index is -0.0376. The lowest BCUT2D eigenvalue weighted by atomic mass is 10.1. The molecule has 0 aromatic rings. The number of rotatable bonds is 7. The highest BCUT2D eigenvalue weighted by atomic mass is 15.2. The molecule has 1 rings (SSSR count). The van der Waals surface area contributed by atoms with Crippen molar-refractivity contribution in [2.75, 3.05) is 13.1 Å². The zero-order valence-electron chi connectivity index (χ0n) is 12.4. The Bertz CT molecular complexity index is 261. The molecule has 0 bridgehead atoms. The lowest BCUT2D eigenvalue weighted by molar-refractivity contribution is 0.166. The van der Waals surface area contributed by atoms with Gasteiger partial charge in [-0.3, -0.25) is 10.2 Å². The molecule has 1 aliphatic rings. The maximum Gasteiger partial charge on any atom is 0.108 e. The standard InChI is InChI=1S/C15H29N3/c1-12(2)10-18(15-7-5-6-8-15)11-14(9-16)17-13(3)4/h12-15,17H,5-8,10-11H2,1-4H3. The van der Waals surface area contributed by atoms with Crippen molar-refractivity contribution >= 4 is 0 Å². The summed E-state index contributed by atoms with van der Waals surface area (Å²) in [7, 11) is 0. The van der Waals surface area contributed by atoms with E-state index < -0.39 is 0 Å². The highest BCUT2D eigenvalue weighted by Crippen LogP contribution is 2.24. The van der Waals surface area contributed by atoms with E-state index in [0.717, 1.165) is 13.1 Å². The van der Waals surface area contributed by atoms with Gasteiger partial charge in [-0.2, -0.15) is 5.26 Å². The Kier molecular flexibility index (Phi) is 6.67. The Morgan fingerprint density at radius 2 is 1.78 bits per heavy atom. The van der Waals surface area contributed by atoms with Crippen LogP contribution in [0.15, 0.2) is 0 Å². The van der Waals surface area contributed by atoms with Crippen molar-refractivity contribution < 1.29 is 0 Å². The maximum atomic E-state index is 9.26. The second-order valence-electron chi connectivity index (χ2n) is 6.29. The van der Waals surface area contributed by atoms with E-state index in [2.05, 4.69) is 44.0 Å². The summed E-state index contributed by atoms with van der Waals surface area (Å²) in [6, 6.07) is 3.45. The number of nitrogens with zero attached hydrogens (tertiary/aromatic N) is 2. The number of nitriles is 1. The van der Waals surface area contributed by atoms with Crippen molar-refractivity contribution in [3.63, 3.8) is 0 Å². The minimum Gasteiger partial charge on any atom is -0.299 e. The van der Waals surface area contributed by atoms with Crippen LogP contribution in [-0.2, 0) is 0 Å². The lowest BCUT2D eigenvalue weighted by Crippen LogP contribution is -2.47. The highest BCUT2D eigenvalue weighted by Gasteiger charge is 2.25. The summed E-state index contributed by atoms with van der Waals surface area (Å²) in [5.74, 6) is 0.670. The summed E-state index contributed by atoms with van der Waals surface area (Å²) >= 11 is 0. The van der Waals surface area contributed by atoms with Gasteiger partial charge in [-0.15, -0.1) is 0 Å². The Labute approximate surface area is 113 Å². The molecule has 104 valence electrons. The summed E-state index contributed by atoms with van der Waals surface area (Å²) in [5, 5.41) is 12.6. The van der Waals surface area contributed by atoms with E-state index in [-0.39, 0.29) is 6.04 Å². The number of hydrogen-bond acceptors (Lipinski definition) is 3. The third-order valence-electron chi connectivity index (χ3n) is 3.55. The molecule has 1 N–H and O–H groups in total. The SMILES string of the molecule is CC(C)CN(CC(C#N)NC(C)C)C1CCCC1. The molecule has 3 nitrogen and oxygen atoms in total. The van der Waals surface area contributed by atoms with Gasteiger partial charge in [0.2, 0.25) is 0 Å². The van der Waals surface area contributed by atoms with E-state index in [9.17, 15) is 5.26 Å². The van der Waals surface area contributed by atoms with Gasteiger partial charge >= 0.3 is 0 Å². The van der Waals surface area contributed by atoms with E-state index in [4.69, 9.17) is 0 Å². The fourth-order valence-corrected chi connectivity index (χ4v) is 2.88. The number of hydrogen-bond donors (Lipinski definition) is 1. The molecule has 0 amide bonds. The molecule has 1 aliphatic carbocycles. The molecular weight excluding hydrogens is 222 g/mol. The fraction of sp³-hybridized carbons (Fsp3) is 0.933. The zero-order chi connectivity index (χ0) is 13.5. The molecule has 0 aliphatic heterocycles. The quantitative estimate of drug-likeness (QED) is 0.756. The first-order valence-electron chi connectivity index (χ1n) is 7.42. The second kappa shape index (κ2) is 7.76. The van der Waals surface area contributed by atoms with E-state index in [1.54, 1.807) is 0 Å². The average molecular weight is 251 g/mol. The molecule has 0 aromatic heterocycles. The second-order valence-corrected chi connectivity index (χ2v) is 6.29. The smallest absolute Gasteiger partial charge is 0.108 e. The van der Waals surface area contributed by atoms with Crippen LogP contribution in [-0.4, -0.2) is 36.1 Å². The van der Waals surface area contributed by atoms with Crippen molar-refractivity contribution in [3.8, 4) is 6.07 Å². The molecule has 1 unspecified atom stereocenters. The number of nitrogens with one attached hydrogen (secondary N) is 1. The zero-order valence-corrected chi connectivity index (χ0v) is 12.4. The van der Waals surface area contributed by atoms with Crippen LogP contribution < -0.4 is 5.32 Å². The molecule has 3 heteroatoms. The van der Waals surface area contributed by atoms with Crippen LogP contribution >= 0.6 is 0 Å². The molecule has 0 aromatic carbocycles. The molecular formula is C15H29N3. The van der Waals surface area contributed by atoms with Gasteiger partial charge in [-0.05, 0) is 32.6 Å². The van der Waals surface area contributed by atoms with E-state index >= 15 is 0 Å². The summed E-state index contributed by atoms with van der Waals surface area (Å²) in [5.41, 5.74) is 0. The average Bonchev–Trinajstić information content (AvgIpc) is 2.79. The van der Waals surface area contributed by atoms with Gasteiger partial charge in [0, 0.05) is 25.2 Å². The summed E-state index contributed by atoms with van der Waals surface area (Å²) in [6.07, 6.45) is 5.33. The van der Waals surface area contributed by atoms with Crippen molar-refractivity contribution in [1.82, 2.24) is 10.2 Å². The largest absolute Gasteiger partial charge is 0.299 e. The van der Waals surface area contributed by atoms with Crippen LogP contribution in [0.3, 0.4) is 0 Å². The molecule has 1 saturated carbocycles. The van der Waals surface area contributed by atoms with E-state index in [1.807, 2.05) is 0 Å². The summed E-state index contributed by atoms with van der Waals surface area (Å²) < 4.78 is 0. The molecule has 0 saturated heterocycles. The predicted octanol–water partition coefficient (Wildman–Crippen LogP) is 2.78. The van der Waals surface area contributed by atoms with Crippen LogP contribution in [0.25, 0.3) is 0 Å². The first-order chi connectivity index (χ1) is 8.52. The van der Waals surface area contributed by atoms with Gasteiger partial charge in [0.15, 0.2) is 0 Å². The topological polar surface area (TPSA) is 39.1 Å². The van der Waals surface area contributed by atoms with Crippen molar-refractivity contribution in [1.29, 1.82) is 5.26 Å². The van der Waals surface area contributed by atoms with Crippen molar-refractivity contribution in [2.24, 2.45) is 5.92 Å². The monoisotopic (exact) mass is 251 g/mol. The van der Waals surface area contributed by atoms with Gasteiger partial charge in [-0.1, -0.05) is 26.7 Å². The molecule has 1 fully saturated rings. The van der Waals surface area contributed by atoms with Gasteiger partial charge in [0.1, 0.15) is 6.04 Å². The first-order valence-corrected chi connectivity index (χ1v) is 7.42.